The maximum atomic E-state index is 12.5. The number of allylic oxidation sites excluding steroid dienone is 2. The smallest absolute Gasteiger partial charge is 0.497 e. The molecule has 0 spiro atoms. The predicted molar refractivity (Wildman–Crippen MR) is 74.4 cm³/mol. The van der Waals surface area contributed by atoms with Crippen molar-refractivity contribution in [2.24, 2.45) is 0 Å². The van der Waals surface area contributed by atoms with Gasteiger partial charge in [-0.3, -0.25) is 0 Å². The molecule has 1 aliphatic carbocycles. The Labute approximate surface area is 126 Å². The van der Waals surface area contributed by atoms with Crippen LogP contribution in [-0.2, 0) is 14.3 Å². The number of hydrogen-bond acceptors (Lipinski definition) is 4. The molecular weight excluding hydrogens is 321 g/mol. The highest BCUT2D eigenvalue weighted by Crippen LogP contribution is 2.37. The molecule has 0 atom stereocenters. The lowest BCUT2D eigenvalue weighted by Gasteiger charge is -2.21. The summed E-state index contributed by atoms with van der Waals surface area (Å²) < 4.78 is 69.3. The summed E-state index contributed by atoms with van der Waals surface area (Å²) >= 11 is 0. The summed E-state index contributed by atoms with van der Waals surface area (Å²) in [5, 5.41) is 0. The second kappa shape index (κ2) is 6.20. The third kappa shape index (κ3) is 3.55. The van der Waals surface area contributed by atoms with Crippen molar-refractivity contribution < 1.29 is 30.5 Å². The summed E-state index contributed by atoms with van der Waals surface area (Å²) in [5.74, 6) is 0.394. The van der Waals surface area contributed by atoms with E-state index in [1.807, 2.05) is 0 Å². The Morgan fingerprint density at radius 3 is 2.45 bits per heavy atom. The van der Waals surface area contributed by atoms with Gasteiger partial charge in [0, 0.05) is 6.42 Å². The molecule has 0 heterocycles. The molecule has 1 aromatic rings. The first kappa shape index (κ1) is 16.7. The molecule has 122 valence electrons. The van der Waals surface area contributed by atoms with E-state index < -0.39 is 15.6 Å². The van der Waals surface area contributed by atoms with Gasteiger partial charge in [-0.25, -0.2) is 0 Å². The van der Waals surface area contributed by atoms with Crippen LogP contribution in [0.3, 0.4) is 0 Å². The lowest BCUT2D eigenvalue weighted by atomic mass is 9.92. The van der Waals surface area contributed by atoms with E-state index in [0.29, 0.717) is 29.7 Å². The molecule has 4 nitrogen and oxygen atoms in total. The minimum Gasteiger partial charge on any atom is -0.497 e. The third-order valence-electron chi connectivity index (χ3n) is 3.33. The number of benzene rings is 1. The van der Waals surface area contributed by atoms with Crippen LogP contribution in [-0.4, -0.2) is 21.0 Å². The molecule has 0 N–H and O–H groups in total. The van der Waals surface area contributed by atoms with Gasteiger partial charge in [-0.2, -0.15) is 21.6 Å². The van der Waals surface area contributed by atoms with Gasteiger partial charge < -0.3 is 8.92 Å². The Morgan fingerprint density at radius 2 is 1.82 bits per heavy atom. The van der Waals surface area contributed by atoms with E-state index in [-0.39, 0.29) is 12.2 Å². The van der Waals surface area contributed by atoms with Gasteiger partial charge in [0.05, 0.1) is 7.11 Å². The summed E-state index contributed by atoms with van der Waals surface area (Å²) in [4.78, 5) is 0. The largest absolute Gasteiger partial charge is 0.534 e. The van der Waals surface area contributed by atoms with E-state index in [1.165, 1.54) is 7.11 Å². The highest BCUT2D eigenvalue weighted by molar-refractivity contribution is 7.87. The van der Waals surface area contributed by atoms with Crippen LogP contribution in [0.25, 0.3) is 5.57 Å². The van der Waals surface area contributed by atoms with E-state index in [4.69, 9.17) is 4.74 Å². The molecule has 1 aliphatic rings. The van der Waals surface area contributed by atoms with Crippen LogP contribution < -0.4 is 4.74 Å². The molecule has 22 heavy (non-hydrogen) atoms. The average molecular weight is 336 g/mol. The van der Waals surface area contributed by atoms with Gasteiger partial charge in [-0.05, 0) is 42.5 Å². The van der Waals surface area contributed by atoms with Gasteiger partial charge in [0.15, 0.2) is 0 Å². The number of rotatable bonds is 4. The van der Waals surface area contributed by atoms with E-state index in [2.05, 4.69) is 4.18 Å². The van der Waals surface area contributed by atoms with Gasteiger partial charge >= 0.3 is 15.6 Å². The van der Waals surface area contributed by atoms with Gasteiger partial charge in [0.2, 0.25) is 0 Å². The van der Waals surface area contributed by atoms with Gasteiger partial charge in [-0.1, -0.05) is 12.1 Å². The zero-order valence-corrected chi connectivity index (χ0v) is 12.6. The van der Waals surface area contributed by atoms with Crippen molar-refractivity contribution in [1.29, 1.82) is 0 Å². The Balaban J connectivity index is 2.42. The summed E-state index contributed by atoms with van der Waals surface area (Å²) in [5.41, 5.74) is -4.36. The zero-order valence-electron chi connectivity index (χ0n) is 11.8. The predicted octanol–water partition coefficient (Wildman–Crippen LogP) is 3.85. The Bertz CT molecular complexity index is 678. The van der Waals surface area contributed by atoms with E-state index >= 15 is 0 Å². The second-order valence-electron chi connectivity index (χ2n) is 4.82. The number of halogens is 3. The molecule has 0 saturated heterocycles. The number of methoxy groups -OCH3 is 1. The Hall–Kier alpha value is -1.70. The van der Waals surface area contributed by atoms with Crippen LogP contribution in [0.15, 0.2) is 30.0 Å². The lowest BCUT2D eigenvalue weighted by molar-refractivity contribution is -0.0523. The molecule has 1 aromatic carbocycles. The van der Waals surface area contributed by atoms with Gasteiger partial charge in [0.1, 0.15) is 11.5 Å². The van der Waals surface area contributed by atoms with Crippen molar-refractivity contribution in [3.05, 3.63) is 35.6 Å². The van der Waals surface area contributed by atoms with Gasteiger partial charge in [0.25, 0.3) is 0 Å². The topological polar surface area (TPSA) is 52.6 Å². The molecule has 0 aliphatic heterocycles. The second-order valence-corrected chi connectivity index (χ2v) is 6.36. The first-order valence-corrected chi connectivity index (χ1v) is 8.02. The maximum absolute atomic E-state index is 12.5. The average Bonchev–Trinajstić information content (AvgIpc) is 2.46. The van der Waals surface area contributed by atoms with E-state index in [0.717, 1.165) is 6.42 Å². The Morgan fingerprint density at radius 1 is 1.14 bits per heavy atom. The summed E-state index contributed by atoms with van der Waals surface area (Å²) in [6.07, 6.45) is 1.94. The van der Waals surface area contributed by atoms with E-state index in [9.17, 15) is 21.6 Å². The molecule has 0 fully saturated rings. The molecule has 0 bridgehead atoms. The highest BCUT2D eigenvalue weighted by atomic mass is 32.2. The highest BCUT2D eigenvalue weighted by Gasteiger charge is 2.49. The summed E-state index contributed by atoms with van der Waals surface area (Å²) in [6.45, 7) is 0. The van der Waals surface area contributed by atoms with Crippen LogP contribution in [0.4, 0.5) is 13.2 Å². The molecule has 0 aromatic heterocycles. The van der Waals surface area contributed by atoms with Crippen LogP contribution in [0.2, 0.25) is 0 Å². The fraction of sp³-hybridized carbons (Fsp3) is 0.429. The van der Waals surface area contributed by atoms with Crippen LogP contribution in [0, 0.1) is 0 Å². The lowest BCUT2D eigenvalue weighted by Crippen LogP contribution is -2.26. The Kier molecular flexibility index (Phi) is 4.69. The molecular formula is C14H15F3O4S. The normalized spacial score (nSPS) is 16.5. The van der Waals surface area contributed by atoms with Crippen molar-refractivity contribution in [3.8, 4) is 5.75 Å². The van der Waals surface area contributed by atoms with Crippen LogP contribution in [0.1, 0.15) is 31.2 Å². The number of alkyl halides is 3. The maximum Gasteiger partial charge on any atom is 0.534 e. The number of ether oxygens (including phenoxy) is 1. The van der Waals surface area contributed by atoms with Gasteiger partial charge in [-0.15, -0.1) is 0 Å². The van der Waals surface area contributed by atoms with Crippen LogP contribution in [0.5, 0.6) is 5.75 Å². The minimum absolute atomic E-state index is 0.142. The van der Waals surface area contributed by atoms with Crippen LogP contribution >= 0.6 is 0 Å². The standard InChI is InChI=1S/C14H15F3O4S/c1-20-11-6-4-5-10(9-11)12-7-2-3-8-13(12)21-22(18,19)14(15,16)17/h4-6,9H,2-3,7-8H2,1H3. The summed E-state index contributed by atoms with van der Waals surface area (Å²) in [6, 6.07) is 6.71. The monoisotopic (exact) mass is 336 g/mol. The van der Waals surface area contributed by atoms with E-state index in [1.54, 1.807) is 24.3 Å². The van der Waals surface area contributed by atoms with Crippen molar-refractivity contribution in [2.75, 3.05) is 7.11 Å². The van der Waals surface area contributed by atoms with Crippen molar-refractivity contribution in [3.63, 3.8) is 0 Å². The molecule has 8 heteroatoms. The third-order valence-corrected chi connectivity index (χ3v) is 4.32. The SMILES string of the molecule is COc1cccc(C2=C(OS(=O)(=O)C(F)(F)F)CCCC2)c1. The fourth-order valence-electron chi connectivity index (χ4n) is 2.27. The van der Waals surface area contributed by atoms with Crippen molar-refractivity contribution in [1.82, 2.24) is 0 Å². The van der Waals surface area contributed by atoms with Crippen molar-refractivity contribution in [2.45, 2.75) is 31.2 Å². The first-order chi connectivity index (χ1) is 10.2. The molecule has 0 amide bonds. The molecule has 0 radical (unpaired) electrons. The molecule has 2 rings (SSSR count). The molecule has 0 saturated carbocycles. The quantitative estimate of drug-likeness (QED) is 0.619. The minimum atomic E-state index is -5.64. The first-order valence-electron chi connectivity index (χ1n) is 6.62. The zero-order chi connectivity index (χ0) is 16.4. The molecule has 0 unspecified atom stereocenters. The van der Waals surface area contributed by atoms with Crippen molar-refractivity contribution >= 4 is 15.7 Å². The fourth-order valence-corrected chi connectivity index (χ4v) is 2.81. The summed E-state index contributed by atoms with van der Waals surface area (Å²) in [7, 11) is -4.17. The number of hydrogen-bond donors (Lipinski definition) is 0.